The van der Waals surface area contributed by atoms with Gasteiger partial charge in [-0.05, 0) is 60.5 Å². The summed E-state index contributed by atoms with van der Waals surface area (Å²) in [7, 11) is 0. The van der Waals surface area contributed by atoms with Gasteiger partial charge in [-0.25, -0.2) is 9.37 Å². The first-order valence-corrected chi connectivity index (χ1v) is 10.8. The summed E-state index contributed by atoms with van der Waals surface area (Å²) in [5.41, 5.74) is 5.92. The molecule has 2 aromatic heterocycles. The summed E-state index contributed by atoms with van der Waals surface area (Å²) in [5.74, 6) is 1.13. The number of ether oxygens (including phenoxy) is 1. The van der Waals surface area contributed by atoms with Crippen LogP contribution in [0.15, 0.2) is 60.7 Å². The van der Waals surface area contributed by atoms with Crippen molar-refractivity contribution in [2.24, 2.45) is 0 Å². The number of aromatic nitrogens is 3. The molecule has 0 saturated carbocycles. The van der Waals surface area contributed by atoms with Crippen molar-refractivity contribution in [1.29, 1.82) is 0 Å². The quantitative estimate of drug-likeness (QED) is 0.397. The van der Waals surface area contributed by atoms with Crippen molar-refractivity contribution in [2.45, 2.75) is 13.5 Å². The van der Waals surface area contributed by atoms with Crippen LogP contribution >= 0.6 is 0 Å². The second-order valence-electron chi connectivity index (χ2n) is 8.34. The van der Waals surface area contributed by atoms with Crippen LogP contribution < -0.4 is 4.74 Å². The second kappa shape index (κ2) is 7.48. The second-order valence-corrected chi connectivity index (χ2v) is 8.34. The smallest absolute Gasteiger partial charge is 0.270 e. The molecule has 0 radical (unpaired) electrons. The minimum absolute atomic E-state index is 0.179. The van der Waals surface area contributed by atoms with Gasteiger partial charge in [0, 0.05) is 23.0 Å². The Balaban J connectivity index is 1.32. The monoisotopic (exact) mass is 440 g/mol. The third-order valence-electron chi connectivity index (χ3n) is 6.10. The van der Waals surface area contributed by atoms with Crippen molar-refractivity contribution >= 4 is 27.8 Å². The Morgan fingerprint density at radius 2 is 1.88 bits per heavy atom. The van der Waals surface area contributed by atoms with Crippen molar-refractivity contribution in [3.8, 4) is 16.9 Å². The van der Waals surface area contributed by atoms with Crippen LogP contribution in [0.25, 0.3) is 33.1 Å². The normalized spacial score (nSPS) is 13.7. The number of aromatic amines is 2. The zero-order valence-corrected chi connectivity index (χ0v) is 18.0. The SMILES string of the molecule is Cc1nc2ccc(-c3ccc4c(c3)CN(C(=O)c3cc5c(F)cccc5[nH]3)CCO4)cc2[nH]1. The molecule has 6 nitrogen and oxygen atoms in total. The van der Waals surface area contributed by atoms with Crippen LogP contribution in [0.4, 0.5) is 4.39 Å². The van der Waals surface area contributed by atoms with Gasteiger partial charge in [0.15, 0.2) is 0 Å². The third kappa shape index (κ3) is 3.42. The van der Waals surface area contributed by atoms with Crippen LogP contribution in [-0.4, -0.2) is 38.9 Å². The van der Waals surface area contributed by atoms with E-state index >= 15 is 0 Å². The molecule has 6 rings (SSSR count). The van der Waals surface area contributed by atoms with E-state index in [4.69, 9.17) is 4.74 Å². The number of hydrogen-bond donors (Lipinski definition) is 2. The first-order valence-electron chi connectivity index (χ1n) is 10.8. The maximum absolute atomic E-state index is 14.1. The number of hydrogen-bond acceptors (Lipinski definition) is 3. The Bertz CT molecular complexity index is 1530. The average Bonchev–Trinajstić information content (AvgIpc) is 3.35. The number of imidazole rings is 1. The van der Waals surface area contributed by atoms with Gasteiger partial charge in [-0.15, -0.1) is 0 Å². The number of H-pyrrole nitrogens is 2. The molecule has 3 heterocycles. The highest BCUT2D eigenvalue weighted by atomic mass is 19.1. The summed E-state index contributed by atoms with van der Waals surface area (Å²) in [4.78, 5) is 25.8. The number of nitrogens with zero attached hydrogens (tertiary/aromatic N) is 2. The molecule has 2 N–H and O–H groups in total. The molecule has 1 aliphatic rings. The standard InChI is InChI=1S/C26H21FN4O2/c1-15-28-22-7-5-17(12-23(22)29-15)16-6-8-25-18(11-16)14-31(9-10-33-25)26(32)24-13-19-20(27)3-2-4-21(19)30-24/h2-8,11-13,30H,9-10,14H2,1H3,(H,28,29). The van der Waals surface area contributed by atoms with E-state index < -0.39 is 0 Å². The predicted molar refractivity (Wildman–Crippen MR) is 125 cm³/mol. The van der Waals surface area contributed by atoms with Gasteiger partial charge >= 0.3 is 0 Å². The van der Waals surface area contributed by atoms with Gasteiger partial charge < -0.3 is 19.6 Å². The third-order valence-corrected chi connectivity index (χ3v) is 6.10. The van der Waals surface area contributed by atoms with Gasteiger partial charge in [-0.2, -0.15) is 0 Å². The number of aryl methyl sites for hydroxylation is 1. The maximum Gasteiger partial charge on any atom is 0.270 e. The zero-order valence-electron chi connectivity index (χ0n) is 18.0. The first-order chi connectivity index (χ1) is 16.0. The van der Waals surface area contributed by atoms with Gasteiger partial charge in [-0.1, -0.05) is 18.2 Å². The Labute approximate surface area is 189 Å². The Morgan fingerprint density at radius 3 is 2.76 bits per heavy atom. The molecule has 0 aliphatic carbocycles. The molecular weight excluding hydrogens is 419 g/mol. The van der Waals surface area contributed by atoms with E-state index in [0.717, 1.165) is 39.3 Å². The molecule has 5 aromatic rings. The van der Waals surface area contributed by atoms with Gasteiger partial charge in [-0.3, -0.25) is 4.79 Å². The molecule has 1 aliphatic heterocycles. The Kier molecular flexibility index (Phi) is 4.43. The van der Waals surface area contributed by atoms with Crippen LogP contribution in [0, 0.1) is 12.7 Å². The minimum atomic E-state index is -0.346. The number of nitrogens with one attached hydrogen (secondary N) is 2. The summed E-state index contributed by atoms with van der Waals surface area (Å²) in [6, 6.07) is 18.5. The zero-order chi connectivity index (χ0) is 22.5. The highest BCUT2D eigenvalue weighted by Crippen LogP contribution is 2.31. The van der Waals surface area contributed by atoms with Gasteiger partial charge in [0.25, 0.3) is 5.91 Å². The number of amides is 1. The molecule has 0 atom stereocenters. The van der Waals surface area contributed by atoms with Gasteiger partial charge in [0.2, 0.25) is 0 Å². The Hall–Kier alpha value is -4.13. The lowest BCUT2D eigenvalue weighted by molar-refractivity contribution is 0.0728. The summed E-state index contributed by atoms with van der Waals surface area (Å²) >= 11 is 0. The fraction of sp³-hybridized carbons (Fsp3) is 0.154. The highest BCUT2D eigenvalue weighted by molar-refractivity contribution is 5.98. The molecule has 1 amide bonds. The van der Waals surface area contributed by atoms with Crippen molar-refractivity contribution in [3.05, 3.63) is 83.6 Å². The van der Waals surface area contributed by atoms with Gasteiger partial charge in [0.1, 0.15) is 29.7 Å². The molecule has 7 heteroatoms. The van der Waals surface area contributed by atoms with Crippen LogP contribution in [-0.2, 0) is 6.54 Å². The fourth-order valence-electron chi connectivity index (χ4n) is 4.47. The maximum atomic E-state index is 14.1. The molecule has 164 valence electrons. The molecule has 0 spiro atoms. The van der Waals surface area contributed by atoms with Crippen molar-refractivity contribution in [3.63, 3.8) is 0 Å². The highest BCUT2D eigenvalue weighted by Gasteiger charge is 2.23. The largest absolute Gasteiger partial charge is 0.491 e. The van der Waals surface area contributed by atoms with E-state index in [9.17, 15) is 9.18 Å². The van der Waals surface area contributed by atoms with Gasteiger partial charge in [0.05, 0.1) is 17.6 Å². The van der Waals surface area contributed by atoms with E-state index in [1.54, 1.807) is 23.1 Å². The number of carbonyl (C=O) groups is 1. The average molecular weight is 440 g/mol. The summed E-state index contributed by atoms with van der Waals surface area (Å²) in [5, 5.41) is 0.416. The summed E-state index contributed by atoms with van der Waals surface area (Å²) in [6.45, 7) is 3.18. The van der Waals surface area contributed by atoms with E-state index in [1.807, 2.05) is 31.2 Å². The predicted octanol–water partition coefficient (Wildman–Crippen LogP) is 5.19. The first kappa shape index (κ1) is 19.5. The van der Waals surface area contributed by atoms with Crippen molar-refractivity contribution in [1.82, 2.24) is 19.9 Å². The molecule has 0 fully saturated rings. The van der Waals surface area contributed by atoms with Crippen LogP contribution in [0.1, 0.15) is 21.9 Å². The van der Waals surface area contributed by atoms with E-state index in [-0.39, 0.29) is 11.7 Å². The topological polar surface area (TPSA) is 74.0 Å². The van der Waals surface area contributed by atoms with Crippen molar-refractivity contribution in [2.75, 3.05) is 13.2 Å². The molecule has 0 unspecified atom stereocenters. The number of rotatable bonds is 2. The van der Waals surface area contributed by atoms with Crippen LogP contribution in [0.3, 0.4) is 0 Å². The number of benzene rings is 3. The molecular formula is C26H21FN4O2. The molecule has 0 bridgehead atoms. The van der Waals surface area contributed by atoms with E-state index in [0.29, 0.717) is 36.3 Å². The van der Waals surface area contributed by atoms with Crippen LogP contribution in [0.5, 0.6) is 5.75 Å². The number of halogens is 1. The summed E-state index contributed by atoms with van der Waals surface area (Å²) in [6.07, 6.45) is 0. The van der Waals surface area contributed by atoms with E-state index in [2.05, 4.69) is 27.1 Å². The number of fused-ring (bicyclic) bond motifs is 3. The molecule has 0 saturated heterocycles. The molecule has 33 heavy (non-hydrogen) atoms. The van der Waals surface area contributed by atoms with Crippen molar-refractivity contribution < 1.29 is 13.9 Å². The summed E-state index contributed by atoms with van der Waals surface area (Å²) < 4.78 is 20.0. The minimum Gasteiger partial charge on any atom is -0.491 e. The lowest BCUT2D eigenvalue weighted by Gasteiger charge is -2.19. The fourth-order valence-corrected chi connectivity index (χ4v) is 4.47. The Morgan fingerprint density at radius 1 is 1.03 bits per heavy atom. The van der Waals surface area contributed by atoms with E-state index in [1.165, 1.54) is 6.07 Å². The number of carbonyl (C=O) groups excluding carboxylic acids is 1. The lowest BCUT2D eigenvalue weighted by Crippen LogP contribution is -2.32. The molecule has 3 aromatic carbocycles. The lowest BCUT2D eigenvalue weighted by atomic mass is 10.0. The van der Waals surface area contributed by atoms with Crippen LogP contribution in [0.2, 0.25) is 0 Å².